The van der Waals surface area contributed by atoms with Gasteiger partial charge in [0.2, 0.25) is 11.9 Å². The highest BCUT2D eigenvalue weighted by molar-refractivity contribution is 5.87. The summed E-state index contributed by atoms with van der Waals surface area (Å²) in [6.07, 6.45) is 13.1. The molecule has 1 saturated carbocycles. The van der Waals surface area contributed by atoms with Crippen LogP contribution in [0.2, 0.25) is 0 Å². The third-order valence-corrected chi connectivity index (χ3v) is 18.5. The van der Waals surface area contributed by atoms with Crippen molar-refractivity contribution in [2.75, 3.05) is 72.5 Å². The Morgan fingerprint density at radius 1 is 0.867 bits per heavy atom. The fourth-order valence-corrected chi connectivity index (χ4v) is 12.9. The number of ketones is 2. The molecular formula is C63H97N7O13. The van der Waals surface area contributed by atoms with E-state index in [1.807, 2.05) is 64.3 Å². The molecule has 0 radical (unpaired) electrons. The Hall–Kier alpha value is -4.93. The number of allylic oxidation sites excluding steroid dienone is 6. The minimum absolute atomic E-state index is 0.0184. The first-order chi connectivity index (χ1) is 39.6. The zero-order chi connectivity index (χ0) is 60.1. The zero-order valence-corrected chi connectivity index (χ0v) is 51.1. The van der Waals surface area contributed by atoms with Crippen LogP contribution in [0.25, 0.3) is 0 Å². The van der Waals surface area contributed by atoms with Crippen LogP contribution in [0.1, 0.15) is 136 Å². The van der Waals surface area contributed by atoms with Crippen LogP contribution in [0, 0.1) is 29.6 Å². The summed E-state index contributed by atoms with van der Waals surface area (Å²) in [6, 6.07) is -1.85. The fourth-order valence-electron chi connectivity index (χ4n) is 12.9. The van der Waals surface area contributed by atoms with E-state index < -0.39 is 84.3 Å². The number of Topliss-reactive ketones (excluding diaryl/α,β-unsaturated/α-hetero) is 2. The number of aliphatic hydroxyl groups is 2. The highest BCUT2D eigenvalue weighted by Crippen LogP contribution is 2.39. The van der Waals surface area contributed by atoms with Crippen molar-refractivity contribution in [2.24, 2.45) is 35.3 Å². The van der Waals surface area contributed by atoms with Gasteiger partial charge in [0.15, 0.2) is 11.6 Å². The predicted octanol–water partition coefficient (Wildman–Crippen LogP) is 6.44. The number of anilines is 1. The second-order valence-corrected chi connectivity index (χ2v) is 24.8. The summed E-state index contributed by atoms with van der Waals surface area (Å²) < 4.78 is 36.5. The van der Waals surface area contributed by atoms with Gasteiger partial charge < -0.3 is 64.0 Å². The molecule has 0 unspecified atom stereocenters. The summed E-state index contributed by atoms with van der Waals surface area (Å²) >= 11 is 0. The first-order valence-electron chi connectivity index (χ1n) is 30.5. The molecule has 2 bridgehead atoms. The van der Waals surface area contributed by atoms with Crippen LogP contribution >= 0.6 is 0 Å². The number of nitrogens with zero attached hydrogens (tertiary/aromatic N) is 6. The average Bonchev–Trinajstić information content (AvgIpc) is 3.47. The second kappa shape index (κ2) is 30.4. The Labute approximate surface area is 492 Å². The van der Waals surface area contributed by atoms with Crippen LogP contribution in [0.5, 0.6) is 0 Å². The Morgan fingerprint density at radius 2 is 1.63 bits per heavy atom. The van der Waals surface area contributed by atoms with E-state index in [0.29, 0.717) is 95.7 Å². The third-order valence-electron chi connectivity index (χ3n) is 18.5. The first kappa shape index (κ1) is 65.6. The first-order valence-corrected chi connectivity index (χ1v) is 30.5. The Morgan fingerprint density at radius 3 is 2.35 bits per heavy atom. The van der Waals surface area contributed by atoms with E-state index >= 15 is 0 Å². The van der Waals surface area contributed by atoms with Gasteiger partial charge in [0.05, 0.1) is 37.0 Å². The molecule has 6 aliphatic rings. The number of likely N-dealkylation sites (N-methyl/N-ethyl adjacent to an activating group) is 1. The van der Waals surface area contributed by atoms with E-state index in [4.69, 9.17) is 39.1 Å². The molecule has 0 aromatic carbocycles. The number of hydrogen-bond donors (Lipinski definition) is 3. The van der Waals surface area contributed by atoms with Crippen LogP contribution in [-0.2, 0) is 60.6 Å². The van der Waals surface area contributed by atoms with E-state index in [9.17, 15) is 34.2 Å². The summed E-state index contributed by atoms with van der Waals surface area (Å²) in [6.45, 7) is 15.7. The lowest BCUT2D eigenvalue weighted by atomic mass is 9.80. The molecule has 20 heteroatoms. The van der Waals surface area contributed by atoms with Crippen LogP contribution < -0.4 is 10.6 Å². The van der Waals surface area contributed by atoms with Crippen molar-refractivity contribution in [2.45, 2.75) is 199 Å². The van der Waals surface area contributed by atoms with Crippen LogP contribution in [0.4, 0.5) is 10.7 Å². The number of fused-ring (bicyclic) bond motifs is 4. The summed E-state index contributed by atoms with van der Waals surface area (Å²) in [5.41, 5.74) is 10.3. The largest absolute Gasteiger partial charge is 0.459 e. The quantitative estimate of drug-likeness (QED) is 0.187. The van der Waals surface area contributed by atoms with Crippen molar-refractivity contribution < 1.29 is 62.6 Å². The van der Waals surface area contributed by atoms with Gasteiger partial charge in [0, 0.05) is 115 Å². The number of esters is 1. The van der Waals surface area contributed by atoms with Gasteiger partial charge in [-0.25, -0.2) is 19.6 Å². The minimum atomic E-state index is -1.80. The van der Waals surface area contributed by atoms with Gasteiger partial charge in [-0.15, -0.1) is 0 Å². The highest BCUT2D eigenvalue weighted by atomic mass is 16.6. The van der Waals surface area contributed by atoms with Crippen molar-refractivity contribution in [1.82, 2.24) is 24.7 Å². The number of piperazine rings is 1. The molecule has 5 aliphatic heterocycles. The van der Waals surface area contributed by atoms with Gasteiger partial charge in [-0.1, -0.05) is 64.2 Å². The van der Waals surface area contributed by atoms with Gasteiger partial charge in [-0.05, 0) is 108 Å². The number of aliphatic hydroxyl groups excluding tert-OH is 1. The van der Waals surface area contributed by atoms with Gasteiger partial charge >= 0.3 is 12.1 Å². The monoisotopic (exact) mass is 1160 g/mol. The normalized spacial score (nSPS) is 36.3. The summed E-state index contributed by atoms with van der Waals surface area (Å²) in [4.78, 5) is 88.4. The molecule has 2 amide bonds. The summed E-state index contributed by atoms with van der Waals surface area (Å²) in [5.74, 6) is -4.47. The number of carbonyl (C=O) groups is 5. The lowest BCUT2D eigenvalue weighted by Gasteiger charge is -2.44. The molecule has 83 heavy (non-hydrogen) atoms. The molecule has 462 valence electrons. The highest BCUT2D eigenvalue weighted by Gasteiger charge is 2.47. The van der Waals surface area contributed by atoms with Crippen LogP contribution in [0.3, 0.4) is 0 Å². The molecule has 0 spiro atoms. The van der Waals surface area contributed by atoms with Crippen molar-refractivity contribution in [1.29, 1.82) is 0 Å². The number of cyclic esters (lactones) is 1. The van der Waals surface area contributed by atoms with Crippen molar-refractivity contribution in [3.63, 3.8) is 0 Å². The molecule has 4 N–H and O–H groups in total. The van der Waals surface area contributed by atoms with Crippen molar-refractivity contribution >= 4 is 35.5 Å². The molecule has 3 saturated heterocycles. The summed E-state index contributed by atoms with van der Waals surface area (Å²) in [7, 11) is 6.71. The standard InChI is InChI=1S/C63H97N7O13/c1-39-16-12-11-13-17-40(2)53(78-8)34-47-21-19-44(6)63(77,83-47)36-56(72)70-24-15-14-18-50(70)60(75)81-54(35-51(71)41(3)31-43(5)58(74)59(80-10)57(73)42(4)30-39)48(64)32-45-20-22-52(55(33-45)79-9)82-62(76)69-25-23-49-46(38-69)37-65-61(66-49)68-28-26-67(7)27-29-68/h11-13,16-17,31,37,39,41-42,44-45,47-48,50,52-55,58-59,74,77H,14-15,18-30,32-36,38,64H2,1-10H3/b13-11+,16-12+,40-17+,43-31+/t39-,41-,42-,44-,45+,47+,48-,50+,52-,53+,54+,55-,58-,59+,63+/m1/s1. The number of methoxy groups -OCH3 is 3. The lowest BCUT2D eigenvalue weighted by Crippen LogP contribution is -2.55. The third kappa shape index (κ3) is 17.4. The molecule has 4 fully saturated rings. The number of amides is 2. The van der Waals surface area contributed by atoms with Crippen LogP contribution in [0.15, 0.2) is 53.8 Å². The smallest absolute Gasteiger partial charge is 0.410 e. The molecule has 1 aromatic heterocycles. The zero-order valence-electron chi connectivity index (χ0n) is 51.1. The van der Waals surface area contributed by atoms with Gasteiger partial charge in [-0.2, -0.15) is 0 Å². The molecule has 20 nitrogen and oxygen atoms in total. The number of rotatable bonds is 8. The van der Waals surface area contributed by atoms with E-state index in [2.05, 4.69) is 21.8 Å². The number of hydrogen-bond acceptors (Lipinski definition) is 18. The minimum Gasteiger partial charge on any atom is -0.459 e. The van der Waals surface area contributed by atoms with Gasteiger partial charge in [0.25, 0.3) is 0 Å². The summed E-state index contributed by atoms with van der Waals surface area (Å²) in [5, 5.41) is 23.8. The molecule has 1 aromatic rings. The maximum absolute atomic E-state index is 14.7. The molecule has 1 aliphatic carbocycles. The molecule has 6 heterocycles. The fraction of sp³-hybridized carbons (Fsp3) is 0.730. The number of carbonyl (C=O) groups excluding carboxylic acids is 5. The predicted molar refractivity (Wildman–Crippen MR) is 314 cm³/mol. The Kier molecular flexibility index (Phi) is 24.1. The van der Waals surface area contributed by atoms with Crippen LogP contribution in [-0.4, -0.2) is 193 Å². The second-order valence-electron chi connectivity index (χ2n) is 24.8. The van der Waals surface area contributed by atoms with E-state index in [1.165, 1.54) is 12.0 Å². The topological polar surface area (TPSA) is 246 Å². The molecule has 15 atom stereocenters. The molecule has 7 rings (SSSR count). The number of ether oxygens (including phenoxy) is 6. The number of nitrogens with two attached hydrogens (primary N) is 1. The van der Waals surface area contributed by atoms with Gasteiger partial charge in [0.1, 0.15) is 36.2 Å². The van der Waals surface area contributed by atoms with Crippen molar-refractivity contribution in [3.05, 3.63) is 65.1 Å². The maximum Gasteiger partial charge on any atom is 0.410 e. The lowest BCUT2D eigenvalue weighted by molar-refractivity contribution is -0.284. The SMILES string of the molecule is CO[C@H]1C[C@@H]2CC[C@@H](C)[C@](O)(CC(=O)N3CCCC[C@H]3C(=O)O[C@H]([C@H](N)C[C@@H]3CC[C@@H](OC(=O)N4CCc5nc(N6CCN(C)CC6)ncc5C4)[C@H](OC)C3)CC(=O)[C@H](C)/C=C(\C)[C@@H](O)[C@@H](OC)C(=O)[C@H](C)C[C@H](C)/C=C/C=C/C=C/1C)O2. The Balaban J connectivity index is 1.07. The Bertz CT molecular complexity index is 2500. The van der Waals surface area contributed by atoms with E-state index in [0.717, 1.165) is 49.0 Å². The van der Waals surface area contributed by atoms with Crippen molar-refractivity contribution in [3.8, 4) is 0 Å². The molecular weight excluding hydrogens is 1060 g/mol. The van der Waals surface area contributed by atoms with Gasteiger partial charge in [-0.3, -0.25) is 14.4 Å². The number of piperidine rings is 1. The number of aromatic nitrogens is 2. The average molecular weight is 1160 g/mol. The van der Waals surface area contributed by atoms with E-state index in [1.54, 1.807) is 39.0 Å². The van der Waals surface area contributed by atoms with E-state index in [-0.39, 0.29) is 54.8 Å². The maximum atomic E-state index is 14.7.